The molecule has 142 valence electrons. The van der Waals surface area contributed by atoms with E-state index in [0.717, 1.165) is 36.0 Å². The third-order valence-electron chi connectivity index (χ3n) is 4.76. The number of fused-ring (bicyclic) bond motifs is 1. The molecule has 0 saturated heterocycles. The molecule has 2 aromatic rings. The molecule has 1 N–H and O–H groups in total. The van der Waals surface area contributed by atoms with Gasteiger partial charge >= 0.3 is 5.97 Å². The number of esters is 1. The number of hydrogen-bond acceptors (Lipinski definition) is 4. The van der Waals surface area contributed by atoms with Crippen molar-refractivity contribution in [2.45, 2.75) is 39.2 Å². The molecule has 3 rings (SSSR count). The normalized spacial score (nSPS) is 15.6. The molecule has 0 saturated carbocycles. The zero-order valence-corrected chi connectivity index (χ0v) is 15.8. The molecule has 5 nitrogen and oxygen atoms in total. The molecule has 27 heavy (non-hydrogen) atoms. The summed E-state index contributed by atoms with van der Waals surface area (Å²) < 4.78 is 10.6. The molecule has 2 aromatic carbocycles. The Bertz CT molecular complexity index is 831. The van der Waals surface area contributed by atoms with E-state index in [2.05, 4.69) is 11.4 Å². The van der Waals surface area contributed by atoms with Gasteiger partial charge in [-0.2, -0.15) is 0 Å². The number of nitrogens with one attached hydrogen (secondary N) is 1. The lowest BCUT2D eigenvalue weighted by atomic mass is 9.88. The van der Waals surface area contributed by atoms with Crippen molar-refractivity contribution in [3.05, 3.63) is 64.7 Å². The van der Waals surface area contributed by atoms with Crippen LogP contribution >= 0.6 is 0 Å². The van der Waals surface area contributed by atoms with Gasteiger partial charge in [0.05, 0.1) is 6.04 Å². The third-order valence-corrected chi connectivity index (χ3v) is 4.76. The van der Waals surface area contributed by atoms with E-state index >= 15 is 0 Å². The number of amides is 1. The zero-order valence-electron chi connectivity index (χ0n) is 15.8. The molecule has 0 bridgehead atoms. The van der Waals surface area contributed by atoms with E-state index in [1.54, 1.807) is 0 Å². The Morgan fingerprint density at radius 1 is 1.11 bits per heavy atom. The van der Waals surface area contributed by atoms with Crippen LogP contribution in [0.25, 0.3) is 0 Å². The first-order valence-corrected chi connectivity index (χ1v) is 9.26. The van der Waals surface area contributed by atoms with Gasteiger partial charge in [0, 0.05) is 0 Å². The zero-order chi connectivity index (χ0) is 19.2. The predicted molar refractivity (Wildman–Crippen MR) is 103 cm³/mol. The van der Waals surface area contributed by atoms with Crippen LogP contribution in [-0.4, -0.2) is 25.1 Å². The molecule has 0 heterocycles. The van der Waals surface area contributed by atoms with E-state index in [0.29, 0.717) is 5.75 Å². The Balaban J connectivity index is 1.45. The number of carbonyl (C=O) groups is 2. The van der Waals surface area contributed by atoms with E-state index in [9.17, 15) is 9.59 Å². The second-order valence-corrected chi connectivity index (χ2v) is 6.93. The highest BCUT2D eigenvalue weighted by molar-refractivity contribution is 5.81. The summed E-state index contributed by atoms with van der Waals surface area (Å²) in [4.78, 5) is 24.0. The third kappa shape index (κ3) is 5.09. The van der Waals surface area contributed by atoms with Gasteiger partial charge in [-0.1, -0.05) is 36.4 Å². The van der Waals surface area contributed by atoms with E-state index in [1.165, 1.54) is 5.56 Å². The van der Waals surface area contributed by atoms with Crippen molar-refractivity contribution in [2.24, 2.45) is 0 Å². The number of rotatable bonds is 6. The summed E-state index contributed by atoms with van der Waals surface area (Å²) in [5.41, 5.74) is 4.42. The van der Waals surface area contributed by atoms with Crippen LogP contribution in [0, 0.1) is 13.8 Å². The average molecular weight is 367 g/mol. The van der Waals surface area contributed by atoms with Crippen LogP contribution in [0.5, 0.6) is 5.75 Å². The van der Waals surface area contributed by atoms with Gasteiger partial charge in [-0.3, -0.25) is 4.79 Å². The number of ether oxygens (including phenoxy) is 2. The molecule has 5 heteroatoms. The van der Waals surface area contributed by atoms with Crippen LogP contribution in [0.3, 0.4) is 0 Å². The first-order valence-electron chi connectivity index (χ1n) is 9.26. The maximum atomic E-state index is 12.2. The Morgan fingerprint density at radius 3 is 2.78 bits per heavy atom. The number of benzene rings is 2. The fraction of sp³-hybridized carbons (Fsp3) is 0.364. The topological polar surface area (TPSA) is 64.6 Å². The largest absolute Gasteiger partial charge is 0.482 e. The van der Waals surface area contributed by atoms with Crippen molar-refractivity contribution in [3.8, 4) is 5.75 Å². The summed E-state index contributed by atoms with van der Waals surface area (Å²) in [6.45, 7) is 3.35. The van der Waals surface area contributed by atoms with Gasteiger partial charge in [-0.25, -0.2) is 4.79 Å². The van der Waals surface area contributed by atoms with Crippen molar-refractivity contribution in [3.63, 3.8) is 0 Å². The summed E-state index contributed by atoms with van der Waals surface area (Å²) in [5.74, 6) is -0.206. The van der Waals surface area contributed by atoms with Crippen LogP contribution in [0.1, 0.15) is 41.1 Å². The van der Waals surface area contributed by atoms with Gasteiger partial charge in [0.2, 0.25) is 0 Å². The predicted octanol–water partition coefficient (Wildman–Crippen LogP) is 3.42. The maximum absolute atomic E-state index is 12.2. The fourth-order valence-electron chi connectivity index (χ4n) is 3.33. The standard InChI is InChI=1S/C22H25NO4/c1-15-10-11-16(2)20(12-15)26-14-22(25)27-13-21(24)23-19-9-5-7-17-6-3-4-8-18(17)19/h3-4,6,8,10-12,19H,5,7,9,13-14H2,1-2H3,(H,23,24)/t19-/m1/s1. The number of carbonyl (C=O) groups excluding carboxylic acids is 2. The molecule has 0 aliphatic heterocycles. The highest BCUT2D eigenvalue weighted by atomic mass is 16.6. The summed E-state index contributed by atoms with van der Waals surface area (Å²) in [6.07, 6.45) is 2.96. The van der Waals surface area contributed by atoms with Gasteiger partial charge in [0.15, 0.2) is 13.2 Å². The average Bonchev–Trinajstić information content (AvgIpc) is 2.67. The second kappa shape index (κ2) is 8.71. The van der Waals surface area contributed by atoms with Gasteiger partial charge in [0.25, 0.3) is 5.91 Å². The van der Waals surface area contributed by atoms with Crippen molar-refractivity contribution in [2.75, 3.05) is 13.2 Å². The lowest BCUT2D eigenvalue weighted by Gasteiger charge is -2.26. The molecular formula is C22H25NO4. The highest BCUT2D eigenvalue weighted by Crippen LogP contribution is 2.29. The molecule has 1 aliphatic carbocycles. The van der Waals surface area contributed by atoms with Crippen molar-refractivity contribution < 1.29 is 19.1 Å². The Labute approximate surface area is 159 Å². The maximum Gasteiger partial charge on any atom is 0.344 e. The first kappa shape index (κ1) is 19.0. The Kier molecular flexibility index (Phi) is 6.12. The Hall–Kier alpha value is -2.82. The smallest absolute Gasteiger partial charge is 0.344 e. The minimum absolute atomic E-state index is 0.0210. The molecule has 0 radical (unpaired) electrons. The molecular weight excluding hydrogens is 342 g/mol. The second-order valence-electron chi connectivity index (χ2n) is 6.93. The summed E-state index contributed by atoms with van der Waals surface area (Å²) in [6, 6.07) is 13.9. The van der Waals surface area contributed by atoms with E-state index in [4.69, 9.17) is 9.47 Å². The van der Waals surface area contributed by atoms with Crippen LogP contribution < -0.4 is 10.1 Å². The summed E-state index contributed by atoms with van der Waals surface area (Å²) in [7, 11) is 0. The monoisotopic (exact) mass is 367 g/mol. The van der Waals surface area contributed by atoms with Gasteiger partial charge in [-0.05, 0) is 61.4 Å². The van der Waals surface area contributed by atoms with Crippen LogP contribution in [-0.2, 0) is 20.7 Å². The van der Waals surface area contributed by atoms with Crippen LogP contribution in [0.2, 0.25) is 0 Å². The lowest BCUT2D eigenvalue weighted by molar-refractivity contribution is -0.150. The molecule has 1 atom stereocenters. The molecule has 1 amide bonds. The first-order chi connectivity index (χ1) is 13.0. The van der Waals surface area contributed by atoms with Crippen LogP contribution in [0.4, 0.5) is 0 Å². The van der Waals surface area contributed by atoms with E-state index in [1.807, 2.05) is 50.2 Å². The minimum Gasteiger partial charge on any atom is -0.482 e. The van der Waals surface area contributed by atoms with Crippen molar-refractivity contribution in [1.29, 1.82) is 0 Å². The fourth-order valence-corrected chi connectivity index (χ4v) is 3.33. The van der Waals surface area contributed by atoms with Gasteiger partial charge in [-0.15, -0.1) is 0 Å². The molecule has 1 aliphatic rings. The van der Waals surface area contributed by atoms with E-state index < -0.39 is 5.97 Å². The van der Waals surface area contributed by atoms with Crippen molar-refractivity contribution in [1.82, 2.24) is 5.32 Å². The Morgan fingerprint density at radius 2 is 1.93 bits per heavy atom. The lowest BCUT2D eigenvalue weighted by Crippen LogP contribution is -2.34. The van der Waals surface area contributed by atoms with Crippen molar-refractivity contribution >= 4 is 11.9 Å². The minimum atomic E-state index is -0.560. The van der Waals surface area contributed by atoms with E-state index in [-0.39, 0.29) is 25.2 Å². The number of hydrogen-bond donors (Lipinski definition) is 1. The molecule has 0 unspecified atom stereocenters. The van der Waals surface area contributed by atoms with Gasteiger partial charge < -0.3 is 14.8 Å². The molecule has 0 spiro atoms. The summed E-state index contributed by atoms with van der Waals surface area (Å²) in [5, 5.41) is 2.96. The molecule has 0 aromatic heterocycles. The quantitative estimate of drug-likeness (QED) is 0.795. The van der Waals surface area contributed by atoms with Gasteiger partial charge in [0.1, 0.15) is 5.75 Å². The number of aryl methyl sites for hydroxylation is 3. The highest BCUT2D eigenvalue weighted by Gasteiger charge is 2.21. The summed E-state index contributed by atoms with van der Waals surface area (Å²) >= 11 is 0. The van der Waals surface area contributed by atoms with Crippen LogP contribution in [0.15, 0.2) is 42.5 Å². The molecule has 0 fully saturated rings. The SMILES string of the molecule is Cc1ccc(C)c(OCC(=O)OCC(=O)N[C@@H]2CCCc3ccccc32)c1.